The number of methoxy groups -OCH3 is 3. The molecule has 0 radical (unpaired) electrons. The lowest BCUT2D eigenvalue weighted by Crippen LogP contribution is -2.14. The van der Waals surface area contributed by atoms with E-state index in [-0.39, 0.29) is 10.7 Å². The number of carbonyl (C=O) groups excluding carboxylic acids is 2. The second-order valence-corrected chi connectivity index (χ2v) is 9.83. The largest absolute Gasteiger partial charge is 0.493 e. The number of hydroxylamine groups is 1. The molecule has 10 nitrogen and oxygen atoms in total. The van der Waals surface area contributed by atoms with Gasteiger partial charge >= 0.3 is 0 Å². The number of nitrogens with one attached hydrogen (secondary N) is 1. The van der Waals surface area contributed by atoms with E-state index in [1.54, 1.807) is 36.4 Å². The van der Waals surface area contributed by atoms with Crippen molar-refractivity contribution in [2.75, 3.05) is 21.3 Å². The fourth-order valence-electron chi connectivity index (χ4n) is 3.92. The van der Waals surface area contributed by atoms with Gasteiger partial charge in [0.15, 0.2) is 17.3 Å². The molecule has 2 N–H and O–H groups in total. The molecule has 0 fully saturated rings. The van der Waals surface area contributed by atoms with Gasteiger partial charge in [-0.25, -0.2) is 17.9 Å². The van der Waals surface area contributed by atoms with Crippen LogP contribution in [0.1, 0.15) is 21.5 Å². The van der Waals surface area contributed by atoms with Crippen LogP contribution < -0.4 is 19.7 Å². The molecule has 11 heteroatoms. The molecule has 1 heterocycles. The third kappa shape index (κ3) is 4.97. The van der Waals surface area contributed by atoms with Crippen molar-refractivity contribution >= 4 is 38.7 Å². The fourth-order valence-corrected chi connectivity index (χ4v) is 5.27. The first kappa shape index (κ1) is 26.5. The number of ketones is 1. The number of hydrogen-bond donors (Lipinski definition) is 2. The SMILES string of the molecule is COc1cc(C(=O)c2ccc3c(ccn3S(=O)(=O)c3ccc(/C=C/C(=O)NO)cc3)c2)cc(OC)c1OC. The molecule has 0 saturated heterocycles. The highest BCUT2D eigenvalue weighted by atomic mass is 32.2. The van der Waals surface area contributed by atoms with Crippen molar-refractivity contribution in [1.29, 1.82) is 0 Å². The molecule has 0 bridgehead atoms. The van der Waals surface area contributed by atoms with E-state index in [9.17, 15) is 18.0 Å². The number of nitrogens with zero attached hydrogens (tertiary/aromatic N) is 1. The van der Waals surface area contributed by atoms with Crippen LogP contribution in [-0.2, 0) is 14.8 Å². The standard InChI is InChI=1S/C27H24N2O8S/c1-35-23-15-20(16-24(36-2)27(23)37-3)26(31)19-7-10-22-18(14-19)12-13-29(22)38(33,34)21-8-4-17(5-9-21)6-11-25(30)28-32/h4-16,32H,1-3H3,(H,28,30)/b11-6+. The average Bonchev–Trinajstić information content (AvgIpc) is 3.39. The second kappa shape index (κ2) is 10.8. The number of amides is 1. The van der Waals surface area contributed by atoms with Crippen LogP contribution in [0.4, 0.5) is 0 Å². The van der Waals surface area contributed by atoms with E-state index in [4.69, 9.17) is 19.4 Å². The number of ether oxygens (including phenoxy) is 3. The van der Waals surface area contributed by atoms with E-state index in [1.165, 1.54) is 63.3 Å². The third-order valence-corrected chi connectivity index (χ3v) is 7.52. The second-order valence-electron chi connectivity index (χ2n) is 8.01. The molecule has 0 atom stereocenters. The number of aromatic nitrogens is 1. The Morgan fingerprint density at radius 3 is 2.11 bits per heavy atom. The molecule has 196 valence electrons. The lowest BCUT2D eigenvalue weighted by atomic mass is 10.0. The Bertz CT molecular complexity index is 1630. The molecule has 1 aromatic heterocycles. The van der Waals surface area contributed by atoms with Crippen LogP contribution in [0.5, 0.6) is 17.2 Å². The first-order chi connectivity index (χ1) is 18.2. The van der Waals surface area contributed by atoms with Crippen LogP contribution >= 0.6 is 0 Å². The Balaban J connectivity index is 1.66. The summed E-state index contributed by atoms with van der Waals surface area (Å²) in [6.45, 7) is 0. The average molecular weight is 537 g/mol. The van der Waals surface area contributed by atoms with Gasteiger partial charge < -0.3 is 14.2 Å². The molecule has 3 aromatic carbocycles. The fraction of sp³-hybridized carbons (Fsp3) is 0.111. The third-order valence-electron chi connectivity index (χ3n) is 5.82. The van der Waals surface area contributed by atoms with Gasteiger partial charge in [-0.05, 0) is 60.2 Å². The van der Waals surface area contributed by atoms with E-state index >= 15 is 0 Å². The lowest BCUT2D eigenvalue weighted by molar-refractivity contribution is -0.124. The molecule has 0 spiro atoms. The number of carbonyl (C=O) groups is 2. The Morgan fingerprint density at radius 1 is 0.868 bits per heavy atom. The summed E-state index contributed by atoms with van der Waals surface area (Å²) in [5.74, 6) is 0.0336. The van der Waals surface area contributed by atoms with Crippen LogP contribution in [0.3, 0.4) is 0 Å². The van der Waals surface area contributed by atoms with Crippen molar-refractivity contribution in [2.45, 2.75) is 4.90 Å². The van der Waals surface area contributed by atoms with Crippen molar-refractivity contribution in [3.05, 3.63) is 89.6 Å². The molecular weight excluding hydrogens is 512 g/mol. The van der Waals surface area contributed by atoms with Crippen LogP contribution in [0.25, 0.3) is 17.0 Å². The van der Waals surface area contributed by atoms with Gasteiger partial charge in [0.25, 0.3) is 15.9 Å². The number of hydrogen-bond acceptors (Lipinski definition) is 8. The Kier molecular flexibility index (Phi) is 7.51. The molecule has 0 saturated carbocycles. The molecule has 38 heavy (non-hydrogen) atoms. The van der Waals surface area contributed by atoms with Gasteiger partial charge in [-0.1, -0.05) is 12.1 Å². The van der Waals surface area contributed by atoms with Crippen LogP contribution in [-0.4, -0.2) is 50.6 Å². The predicted octanol–water partition coefficient (Wildman–Crippen LogP) is 3.65. The Morgan fingerprint density at radius 2 is 1.53 bits per heavy atom. The van der Waals surface area contributed by atoms with Crippen molar-refractivity contribution < 1.29 is 37.4 Å². The maximum Gasteiger partial charge on any atom is 0.268 e. The smallest absolute Gasteiger partial charge is 0.268 e. The summed E-state index contributed by atoms with van der Waals surface area (Å²) in [6.07, 6.45) is 3.96. The topological polar surface area (TPSA) is 133 Å². The highest BCUT2D eigenvalue weighted by Crippen LogP contribution is 2.39. The Hall–Kier alpha value is -4.61. The van der Waals surface area contributed by atoms with Crippen LogP contribution in [0.15, 0.2) is 77.8 Å². The van der Waals surface area contributed by atoms with Gasteiger partial charge in [0.05, 0.1) is 31.7 Å². The minimum Gasteiger partial charge on any atom is -0.493 e. The van der Waals surface area contributed by atoms with Crippen LogP contribution in [0.2, 0.25) is 0 Å². The van der Waals surface area contributed by atoms with E-state index in [0.29, 0.717) is 44.8 Å². The molecule has 4 aromatic rings. The lowest BCUT2D eigenvalue weighted by Gasteiger charge is -2.14. The van der Waals surface area contributed by atoms with E-state index < -0.39 is 15.9 Å². The van der Waals surface area contributed by atoms with Gasteiger partial charge in [-0.3, -0.25) is 14.8 Å². The number of rotatable bonds is 9. The summed E-state index contributed by atoms with van der Waals surface area (Å²) in [7, 11) is 0.445. The highest BCUT2D eigenvalue weighted by Gasteiger charge is 2.21. The maximum atomic E-state index is 13.3. The van der Waals surface area contributed by atoms with Gasteiger partial charge in [-0.15, -0.1) is 0 Å². The van der Waals surface area contributed by atoms with E-state index in [1.807, 2.05) is 0 Å². The number of fused-ring (bicyclic) bond motifs is 1. The van der Waals surface area contributed by atoms with Crippen molar-refractivity contribution in [2.24, 2.45) is 0 Å². The monoisotopic (exact) mass is 536 g/mol. The summed E-state index contributed by atoms with van der Waals surface area (Å²) in [5.41, 5.74) is 3.11. The zero-order chi connectivity index (χ0) is 27.4. The quantitative estimate of drug-likeness (QED) is 0.143. The molecule has 0 aliphatic rings. The first-order valence-electron chi connectivity index (χ1n) is 11.2. The van der Waals surface area contributed by atoms with E-state index in [0.717, 1.165) is 10.0 Å². The highest BCUT2D eigenvalue weighted by molar-refractivity contribution is 7.90. The molecule has 0 unspecified atom stereocenters. The summed E-state index contributed by atoms with van der Waals surface area (Å²) in [5, 5.41) is 9.11. The summed E-state index contributed by atoms with van der Waals surface area (Å²) >= 11 is 0. The molecule has 0 aliphatic carbocycles. The van der Waals surface area contributed by atoms with Gasteiger partial charge in [0.1, 0.15) is 0 Å². The number of benzene rings is 3. The van der Waals surface area contributed by atoms with Gasteiger partial charge in [0, 0.05) is 28.8 Å². The van der Waals surface area contributed by atoms with E-state index in [2.05, 4.69) is 0 Å². The summed E-state index contributed by atoms with van der Waals surface area (Å²) < 4.78 is 43.8. The zero-order valence-corrected chi connectivity index (χ0v) is 21.5. The summed E-state index contributed by atoms with van der Waals surface area (Å²) in [4.78, 5) is 24.5. The van der Waals surface area contributed by atoms with Crippen LogP contribution in [0, 0.1) is 0 Å². The van der Waals surface area contributed by atoms with Crippen molar-refractivity contribution in [3.8, 4) is 17.2 Å². The minimum absolute atomic E-state index is 0.0383. The zero-order valence-electron chi connectivity index (χ0n) is 20.7. The molecule has 1 amide bonds. The predicted molar refractivity (Wildman–Crippen MR) is 139 cm³/mol. The molecule has 0 aliphatic heterocycles. The van der Waals surface area contributed by atoms with Crippen molar-refractivity contribution in [1.82, 2.24) is 9.45 Å². The minimum atomic E-state index is -3.94. The summed E-state index contributed by atoms with van der Waals surface area (Å²) in [6, 6.07) is 15.4. The molecule has 4 rings (SSSR count). The van der Waals surface area contributed by atoms with Gasteiger partial charge in [0.2, 0.25) is 5.75 Å². The van der Waals surface area contributed by atoms with Crippen molar-refractivity contribution in [3.63, 3.8) is 0 Å². The normalized spacial score (nSPS) is 11.5. The first-order valence-corrected chi connectivity index (χ1v) is 12.6. The Labute approximate surface area is 218 Å². The maximum absolute atomic E-state index is 13.3. The molecular formula is C27H24N2O8S. The van der Waals surface area contributed by atoms with Gasteiger partial charge in [-0.2, -0.15) is 0 Å².